The molecule has 8 nitrogen and oxygen atoms in total. The molecular formula is C18H23N3O5S3. The number of nitrogens with zero attached hydrogens (tertiary/aromatic N) is 1. The number of amides is 1. The molecule has 2 heterocycles. The molecule has 3 rings (SSSR count). The third-order valence-corrected chi connectivity index (χ3v) is 8.81. The highest BCUT2D eigenvalue weighted by atomic mass is 32.2. The number of piperidine rings is 1. The molecule has 1 aromatic carbocycles. The lowest BCUT2D eigenvalue weighted by atomic mass is 9.98. The Morgan fingerprint density at radius 2 is 1.86 bits per heavy atom. The number of hydrogen-bond acceptors (Lipinski definition) is 6. The lowest BCUT2D eigenvalue weighted by Crippen LogP contribution is -2.41. The van der Waals surface area contributed by atoms with Crippen molar-refractivity contribution in [3.8, 4) is 0 Å². The average molecular weight is 458 g/mol. The van der Waals surface area contributed by atoms with Crippen LogP contribution in [0.1, 0.15) is 23.2 Å². The molecule has 0 aliphatic carbocycles. The number of benzene rings is 1. The molecule has 2 aromatic rings. The van der Waals surface area contributed by atoms with Gasteiger partial charge in [-0.2, -0.15) is 0 Å². The van der Waals surface area contributed by atoms with Gasteiger partial charge in [-0.3, -0.25) is 9.52 Å². The summed E-state index contributed by atoms with van der Waals surface area (Å²) in [6, 6.07) is 9.48. The molecule has 1 fully saturated rings. The predicted molar refractivity (Wildman–Crippen MR) is 113 cm³/mol. The van der Waals surface area contributed by atoms with Crippen molar-refractivity contribution in [1.82, 2.24) is 9.62 Å². The molecule has 0 saturated carbocycles. The van der Waals surface area contributed by atoms with E-state index in [0.29, 0.717) is 43.7 Å². The third kappa shape index (κ3) is 5.78. The zero-order chi connectivity index (χ0) is 21.1. The first-order valence-electron chi connectivity index (χ1n) is 9.05. The average Bonchev–Trinajstić information content (AvgIpc) is 3.21. The molecule has 0 bridgehead atoms. The molecule has 0 radical (unpaired) electrons. The SMILES string of the molecule is CS(=O)(=O)N1CCC(CNC(=O)c2cccc(NS(=O)(=O)c3cccs3)c2)CC1. The topological polar surface area (TPSA) is 113 Å². The fourth-order valence-electron chi connectivity index (χ4n) is 3.13. The summed E-state index contributed by atoms with van der Waals surface area (Å²) in [5, 5.41) is 4.54. The van der Waals surface area contributed by atoms with E-state index in [2.05, 4.69) is 10.0 Å². The number of anilines is 1. The first-order chi connectivity index (χ1) is 13.6. The number of rotatable bonds is 7. The van der Waals surface area contributed by atoms with E-state index in [-0.39, 0.29) is 16.0 Å². The molecule has 0 unspecified atom stereocenters. The maximum absolute atomic E-state index is 12.5. The van der Waals surface area contributed by atoms with Crippen molar-refractivity contribution in [2.45, 2.75) is 17.1 Å². The second kappa shape index (κ2) is 8.82. The largest absolute Gasteiger partial charge is 0.352 e. The van der Waals surface area contributed by atoms with Gasteiger partial charge in [0, 0.05) is 30.9 Å². The van der Waals surface area contributed by atoms with Crippen LogP contribution in [0.4, 0.5) is 5.69 Å². The number of hydrogen-bond donors (Lipinski definition) is 2. The highest BCUT2D eigenvalue weighted by molar-refractivity contribution is 7.94. The van der Waals surface area contributed by atoms with Crippen molar-refractivity contribution in [2.24, 2.45) is 5.92 Å². The maximum atomic E-state index is 12.5. The fraction of sp³-hybridized carbons (Fsp3) is 0.389. The second-order valence-electron chi connectivity index (χ2n) is 6.93. The van der Waals surface area contributed by atoms with E-state index in [1.807, 2.05) is 0 Å². The van der Waals surface area contributed by atoms with E-state index in [1.165, 1.54) is 22.7 Å². The van der Waals surface area contributed by atoms with Crippen LogP contribution in [0.2, 0.25) is 0 Å². The highest BCUT2D eigenvalue weighted by Gasteiger charge is 2.25. The molecule has 11 heteroatoms. The lowest BCUT2D eigenvalue weighted by molar-refractivity contribution is 0.0941. The molecule has 1 aromatic heterocycles. The Balaban J connectivity index is 1.56. The molecule has 2 N–H and O–H groups in total. The Morgan fingerprint density at radius 1 is 1.14 bits per heavy atom. The Labute approximate surface area is 175 Å². The zero-order valence-electron chi connectivity index (χ0n) is 15.9. The van der Waals surface area contributed by atoms with Crippen LogP contribution < -0.4 is 10.0 Å². The summed E-state index contributed by atoms with van der Waals surface area (Å²) >= 11 is 1.11. The van der Waals surface area contributed by atoms with E-state index in [0.717, 1.165) is 11.3 Å². The third-order valence-electron chi connectivity index (χ3n) is 4.73. The molecule has 1 saturated heterocycles. The van der Waals surface area contributed by atoms with Crippen molar-refractivity contribution in [3.63, 3.8) is 0 Å². The van der Waals surface area contributed by atoms with Gasteiger partial charge in [-0.25, -0.2) is 21.1 Å². The minimum atomic E-state index is -3.68. The van der Waals surface area contributed by atoms with Gasteiger partial charge in [-0.1, -0.05) is 12.1 Å². The van der Waals surface area contributed by atoms with Gasteiger partial charge in [-0.05, 0) is 48.4 Å². The van der Waals surface area contributed by atoms with Gasteiger partial charge in [0.2, 0.25) is 10.0 Å². The van der Waals surface area contributed by atoms with E-state index in [1.54, 1.807) is 29.6 Å². The first-order valence-corrected chi connectivity index (χ1v) is 13.3. The van der Waals surface area contributed by atoms with Crippen LogP contribution >= 0.6 is 11.3 Å². The Kier molecular flexibility index (Phi) is 6.62. The van der Waals surface area contributed by atoms with Gasteiger partial charge in [0.1, 0.15) is 4.21 Å². The highest BCUT2D eigenvalue weighted by Crippen LogP contribution is 2.21. The van der Waals surface area contributed by atoms with Crippen molar-refractivity contribution in [3.05, 3.63) is 47.3 Å². The summed E-state index contributed by atoms with van der Waals surface area (Å²) in [5.41, 5.74) is 0.664. The maximum Gasteiger partial charge on any atom is 0.271 e. The predicted octanol–water partition coefficient (Wildman–Crippen LogP) is 1.95. The van der Waals surface area contributed by atoms with Crippen LogP contribution in [0.25, 0.3) is 0 Å². The van der Waals surface area contributed by atoms with Gasteiger partial charge < -0.3 is 5.32 Å². The quantitative estimate of drug-likeness (QED) is 0.660. The van der Waals surface area contributed by atoms with Crippen LogP contribution in [-0.2, 0) is 20.0 Å². The van der Waals surface area contributed by atoms with E-state index in [9.17, 15) is 21.6 Å². The number of thiophene rings is 1. The van der Waals surface area contributed by atoms with Gasteiger partial charge in [0.25, 0.3) is 15.9 Å². The van der Waals surface area contributed by atoms with Crippen LogP contribution in [0.3, 0.4) is 0 Å². The van der Waals surface area contributed by atoms with Crippen LogP contribution in [-0.4, -0.2) is 52.9 Å². The smallest absolute Gasteiger partial charge is 0.271 e. The number of nitrogens with one attached hydrogen (secondary N) is 2. The van der Waals surface area contributed by atoms with Crippen molar-refractivity contribution in [2.75, 3.05) is 30.6 Å². The number of carbonyl (C=O) groups excluding carboxylic acids is 1. The van der Waals surface area contributed by atoms with Crippen molar-refractivity contribution >= 4 is 43.0 Å². The minimum Gasteiger partial charge on any atom is -0.352 e. The zero-order valence-corrected chi connectivity index (χ0v) is 18.3. The summed E-state index contributed by atoms with van der Waals surface area (Å²) in [4.78, 5) is 12.5. The standard InChI is InChI=1S/C18H23N3O5S3/c1-28(23,24)21-9-7-14(8-10-21)13-19-18(22)15-4-2-5-16(12-15)20-29(25,26)17-6-3-11-27-17/h2-6,11-12,14,20H,7-10,13H2,1H3,(H,19,22). The minimum absolute atomic E-state index is 0.202. The molecule has 29 heavy (non-hydrogen) atoms. The summed E-state index contributed by atoms with van der Waals surface area (Å²) < 4.78 is 51.9. The van der Waals surface area contributed by atoms with Gasteiger partial charge in [0.05, 0.1) is 6.26 Å². The Hall–Kier alpha value is -1.95. The summed E-state index contributed by atoms with van der Waals surface area (Å²) in [6.45, 7) is 1.36. The molecule has 1 amide bonds. The van der Waals surface area contributed by atoms with E-state index < -0.39 is 20.0 Å². The molecule has 0 atom stereocenters. The Morgan fingerprint density at radius 3 is 2.48 bits per heavy atom. The number of carbonyl (C=O) groups is 1. The van der Waals surface area contributed by atoms with Crippen LogP contribution in [0.15, 0.2) is 46.0 Å². The van der Waals surface area contributed by atoms with Crippen LogP contribution in [0.5, 0.6) is 0 Å². The van der Waals surface area contributed by atoms with E-state index in [4.69, 9.17) is 0 Å². The monoisotopic (exact) mass is 457 g/mol. The summed E-state index contributed by atoms with van der Waals surface area (Å²) in [7, 11) is -6.85. The Bertz CT molecular complexity index is 1060. The van der Waals surface area contributed by atoms with Crippen LogP contribution in [0, 0.1) is 5.92 Å². The molecular weight excluding hydrogens is 434 g/mol. The summed E-state index contributed by atoms with van der Waals surface area (Å²) in [5.74, 6) is -0.0924. The normalized spacial score (nSPS) is 16.4. The molecule has 1 aliphatic rings. The molecule has 1 aliphatic heterocycles. The van der Waals surface area contributed by atoms with Crippen molar-refractivity contribution in [1.29, 1.82) is 0 Å². The van der Waals surface area contributed by atoms with Gasteiger partial charge >= 0.3 is 0 Å². The number of sulfonamides is 2. The van der Waals surface area contributed by atoms with Gasteiger partial charge in [-0.15, -0.1) is 11.3 Å². The first kappa shape index (κ1) is 21.8. The molecule has 0 spiro atoms. The fourth-order valence-corrected chi connectivity index (χ4v) is 6.05. The second-order valence-corrected chi connectivity index (χ2v) is 11.8. The van der Waals surface area contributed by atoms with Crippen molar-refractivity contribution < 1.29 is 21.6 Å². The molecule has 158 valence electrons. The summed E-state index contributed by atoms with van der Waals surface area (Å²) in [6.07, 6.45) is 2.58. The van der Waals surface area contributed by atoms with E-state index >= 15 is 0 Å². The lowest BCUT2D eigenvalue weighted by Gasteiger charge is -2.30. The van der Waals surface area contributed by atoms with Gasteiger partial charge in [0.15, 0.2) is 0 Å².